The lowest BCUT2D eigenvalue weighted by atomic mass is 9.85. The van der Waals surface area contributed by atoms with Gasteiger partial charge in [0.15, 0.2) is 29.3 Å². The van der Waals surface area contributed by atoms with E-state index in [4.69, 9.17) is 33.2 Å². The molecule has 1 fully saturated rings. The number of fused-ring (bicyclic) bond motifs is 1. The summed E-state index contributed by atoms with van der Waals surface area (Å²) in [5.74, 6) is 2.47. The van der Waals surface area contributed by atoms with Crippen molar-refractivity contribution in [2.45, 2.75) is 26.2 Å². The van der Waals surface area contributed by atoms with Crippen LogP contribution in [0.4, 0.5) is 0 Å². The summed E-state index contributed by atoms with van der Waals surface area (Å²) < 4.78 is 39.8. The van der Waals surface area contributed by atoms with Gasteiger partial charge in [-0.2, -0.15) is 0 Å². The van der Waals surface area contributed by atoms with Crippen LogP contribution in [0.1, 0.15) is 25.5 Å². The summed E-state index contributed by atoms with van der Waals surface area (Å²) in [4.78, 5) is 0. The van der Waals surface area contributed by atoms with Crippen LogP contribution in [0, 0.1) is 11.8 Å². The average molecular weight is 432 g/mol. The number of aromatic hydroxyl groups is 1. The molecule has 4 rings (SSSR count). The fraction of sp³-hybridized carbons (Fsp3) is 0.478. The highest BCUT2D eigenvalue weighted by Crippen LogP contribution is 2.55. The highest BCUT2D eigenvalue weighted by atomic mass is 16.7. The van der Waals surface area contributed by atoms with Crippen molar-refractivity contribution in [3.63, 3.8) is 0 Å². The minimum Gasteiger partial charge on any atom is -0.502 e. The average Bonchev–Trinajstić information content (AvgIpc) is 3.37. The first-order chi connectivity index (χ1) is 14.9. The van der Waals surface area contributed by atoms with Crippen molar-refractivity contribution < 1.29 is 38.3 Å². The molecule has 0 radical (unpaired) electrons. The first-order valence-electron chi connectivity index (χ1n) is 10.1. The molecule has 2 aliphatic rings. The Kier molecular flexibility index (Phi) is 5.77. The SMILES string of the molecule is COc1cc(-c2c([C@@H]3O[C@@H](OC)[C@@H](C)[C@@H]3C)cc3c(c2OC)OCO3)cc(OC)c1O. The molecule has 0 amide bonds. The quantitative estimate of drug-likeness (QED) is 0.729. The monoisotopic (exact) mass is 432 g/mol. The van der Waals surface area contributed by atoms with Gasteiger partial charge >= 0.3 is 0 Å². The van der Waals surface area contributed by atoms with Gasteiger partial charge in [-0.25, -0.2) is 0 Å². The Hall–Kier alpha value is -2.84. The summed E-state index contributed by atoms with van der Waals surface area (Å²) in [6.45, 7) is 4.34. The van der Waals surface area contributed by atoms with Crippen molar-refractivity contribution in [3.05, 3.63) is 23.8 Å². The zero-order valence-corrected chi connectivity index (χ0v) is 18.6. The van der Waals surface area contributed by atoms with Crippen LogP contribution in [0.2, 0.25) is 0 Å². The summed E-state index contributed by atoms with van der Waals surface area (Å²) in [7, 11) is 6.21. The molecule has 31 heavy (non-hydrogen) atoms. The maximum absolute atomic E-state index is 10.4. The third-order valence-electron chi connectivity index (χ3n) is 6.18. The van der Waals surface area contributed by atoms with E-state index in [1.165, 1.54) is 14.2 Å². The lowest BCUT2D eigenvalue weighted by molar-refractivity contribution is -0.130. The molecule has 2 aliphatic heterocycles. The number of ether oxygens (including phenoxy) is 7. The maximum atomic E-state index is 10.4. The molecule has 1 saturated heterocycles. The van der Waals surface area contributed by atoms with Crippen LogP contribution >= 0.6 is 0 Å². The molecule has 2 aromatic rings. The standard InChI is InChI=1S/C23H28O8/c1-11-12(2)23(28-6)31-20(11)14-9-17-21(30-10-29-17)22(27-5)18(14)13-7-15(25-3)19(24)16(8-13)26-4/h7-9,11-12,20,23-24H,10H2,1-6H3/t11-,12-,20+,23+/m0/s1. The third-order valence-corrected chi connectivity index (χ3v) is 6.18. The lowest BCUT2D eigenvalue weighted by Gasteiger charge is -2.23. The Bertz CT molecular complexity index is 948. The van der Waals surface area contributed by atoms with Gasteiger partial charge in [0.2, 0.25) is 18.3 Å². The lowest BCUT2D eigenvalue weighted by Crippen LogP contribution is -2.17. The van der Waals surface area contributed by atoms with Crippen LogP contribution in [0.25, 0.3) is 11.1 Å². The predicted octanol–water partition coefficient (Wildman–Crippen LogP) is 4.13. The van der Waals surface area contributed by atoms with E-state index in [9.17, 15) is 5.11 Å². The molecule has 0 aliphatic carbocycles. The van der Waals surface area contributed by atoms with Crippen LogP contribution in [0.15, 0.2) is 18.2 Å². The number of methoxy groups -OCH3 is 4. The summed E-state index contributed by atoms with van der Waals surface area (Å²) in [6, 6.07) is 5.40. The second-order valence-electron chi connectivity index (χ2n) is 7.72. The zero-order chi connectivity index (χ0) is 22.3. The van der Waals surface area contributed by atoms with E-state index >= 15 is 0 Å². The van der Waals surface area contributed by atoms with Gasteiger partial charge in [-0.05, 0) is 35.2 Å². The normalized spacial score (nSPS) is 24.3. The van der Waals surface area contributed by atoms with Gasteiger partial charge < -0.3 is 38.3 Å². The summed E-state index contributed by atoms with van der Waals surface area (Å²) in [5.41, 5.74) is 2.35. The molecular weight excluding hydrogens is 404 g/mol. The first kappa shape index (κ1) is 21.4. The van der Waals surface area contributed by atoms with E-state index in [-0.39, 0.29) is 48.3 Å². The second-order valence-corrected chi connectivity index (χ2v) is 7.72. The molecule has 2 aromatic carbocycles. The molecular formula is C23H28O8. The highest BCUT2D eigenvalue weighted by molar-refractivity contribution is 5.83. The molecule has 168 valence electrons. The van der Waals surface area contributed by atoms with Crippen LogP contribution in [0.3, 0.4) is 0 Å². The van der Waals surface area contributed by atoms with Crippen molar-refractivity contribution in [1.82, 2.24) is 0 Å². The molecule has 1 N–H and O–H groups in total. The fourth-order valence-corrected chi connectivity index (χ4v) is 4.33. The highest BCUT2D eigenvalue weighted by Gasteiger charge is 2.43. The molecule has 0 saturated carbocycles. The van der Waals surface area contributed by atoms with Gasteiger partial charge in [-0.1, -0.05) is 13.8 Å². The van der Waals surface area contributed by atoms with Gasteiger partial charge in [0.25, 0.3) is 0 Å². The van der Waals surface area contributed by atoms with Gasteiger partial charge in [0, 0.05) is 18.6 Å². The van der Waals surface area contributed by atoms with Crippen molar-refractivity contribution in [2.75, 3.05) is 35.2 Å². The minimum absolute atomic E-state index is 0.0754. The molecule has 0 unspecified atom stereocenters. The molecule has 4 atom stereocenters. The van der Waals surface area contributed by atoms with E-state index in [1.807, 2.05) is 6.07 Å². The fourth-order valence-electron chi connectivity index (χ4n) is 4.33. The van der Waals surface area contributed by atoms with Gasteiger partial charge in [0.1, 0.15) is 0 Å². The minimum atomic E-state index is -0.326. The van der Waals surface area contributed by atoms with Crippen molar-refractivity contribution >= 4 is 0 Å². The second kappa shape index (κ2) is 8.36. The van der Waals surface area contributed by atoms with Gasteiger partial charge in [-0.15, -0.1) is 0 Å². The van der Waals surface area contributed by atoms with Crippen LogP contribution < -0.4 is 23.7 Å². The Morgan fingerprint density at radius 3 is 2.13 bits per heavy atom. The zero-order valence-electron chi connectivity index (χ0n) is 18.6. The molecule has 0 spiro atoms. The molecule has 0 bridgehead atoms. The van der Waals surface area contributed by atoms with Crippen LogP contribution in [0.5, 0.6) is 34.5 Å². The Morgan fingerprint density at radius 2 is 1.58 bits per heavy atom. The Balaban J connectivity index is 1.98. The molecule has 2 heterocycles. The first-order valence-corrected chi connectivity index (χ1v) is 10.1. The maximum Gasteiger partial charge on any atom is 0.231 e. The van der Waals surface area contributed by atoms with Gasteiger partial charge in [-0.3, -0.25) is 0 Å². The number of hydrogen-bond acceptors (Lipinski definition) is 8. The molecule has 8 heteroatoms. The largest absolute Gasteiger partial charge is 0.502 e. The van der Waals surface area contributed by atoms with E-state index in [0.717, 1.165) is 16.7 Å². The third kappa shape index (κ3) is 3.40. The topological polar surface area (TPSA) is 84.8 Å². The number of benzene rings is 2. The number of hydrogen-bond donors (Lipinski definition) is 1. The van der Waals surface area contributed by atoms with Crippen LogP contribution in [-0.4, -0.2) is 46.6 Å². The Morgan fingerprint density at radius 1 is 0.903 bits per heavy atom. The van der Waals surface area contributed by atoms with Crippen molar-refractivity contribution in [2.24, 2.45) is 11.8 Å². The van der Waals surface area contributed by atoms with Crippen molar-refractivity contribution in [1.29, 1.82) is 0 Å². The summed E-state index contributed by atoms with van der Waals surface area (Å²) in [6.07, 6.45) is -0.600. The van der Waals surface area contributed by atoms with E-state index < -0.39 is 0 Å². The smallest absolute Gasteiger partial charge is 0.231 e. The summed E-state index contributed by atoms with van der Waals surface area (Å²) >= 11 is 0. The number of rotatable bonds is 6. The molecule has 8 nitrogen and oxygen atoms in total. The van der Waals surface area contributed by atoms with E-state index in [0.29, 0.717) is 17.2 Å². The number of phenols is 1. The number of phenolic OH excluding ortho intramolecular Hbond substituents is 1. The predicted molar refractivity (Wildman–Crippen MR) is 112 cm³/mol. The van der Waals surface area contributed by atoms with E-state index in [2.05, 4.69) is 13.8 Å². The summed E-state index contributed by atoms with van der Waals surface area (Å²) in [5, 5.41) is 10.4. The molecule has 0 aromatic heterocycles. The van der Waals surface area contributed by atoms with Gasteiger partial charge in [0.05, 0.1) is 27.4 Å². The van der Waals surface area contributed by atoms with Crippen molar-refractivity contribution in [3.8, 4) is 45.6 Å². The van der Waals surface area contributed by atoms with Crippen LogP contribution in [-0.2, 0) is 9.47 Å². The van der Waals surface area contributed by atoms with E-state index in [1.54, 1.807) is 26.4 Å². The Labute approximate surface area is 181 Å².